The van der Waals surface area contributed by atoms with Gasteiger partial charge in [0.2, 0.25) is 0 Å². The first-order valence-corrected chi connectivity index (χ1v) is 9.35. The van der Waals surface area contributed by atoms with Crippen LogP contribution < -0.4 is 5.32 Å². The van der Waals surface area contributed by atoms with Crippen LogP contribution in [-0.4, -0.2) is 29.5 Å². The molecule has 0 spiro atoms. The number of ketones is 2. The molecule has 0 saturated heterocycles. The summed E-state index contributed by atoms with van der Waals surface area (Å²) < 4.78 is 5.20. The third-order valence-corrected chi connectivity index (χ3v) is 4.86. The minimum absolute atomic E-state index is 0.227. The van der Waals surface area contributed by atoms with Gasteiger partial charge in [0, 0.05) is 27.9 Å². The maximum absolute atomic E-state index is 12.8. The number of rotatable bonds is 4. The molecule has 1 N–H and O–H groups in total. The highest BCUT2D eigenvalue weighted by molar-refractivity contribution is 6.28. The molecule has 1 unspecified atom stereocenters. The Bertz CT molecular complexity index is 1180. The number of esters is 1. The highest BCUT2D eigenvalue weighted by atomic mass is 16.5. The Morgan fingerprint density at radius 2 is 1.33 bits per heavy atom. The number of benzene rings is 3. The number of amides is 1. The van der Waals surface area contributed by atoms with Crippen molar-refractivity contribution in [3.05, 3.63) is 101 Å². The first-order chi connectivity index (χ1) is 14.5. The standard InChI is InChI=1S/C24H17NO5/c1-14(30-24(29)15-7-3-2-4-8-15)23(28)25-16-11-12-19-20(13-16)22(27)18-10-6-5-9-17(18)21(19)26/h2-14H,1H3,(H,25,28). The molecule has 0 aliphatic heterocycles. The van der Waals surface area contributed by atoms with E-state index in [1.54, 1.807) is 60.7 Å². The summed E-state index contributed by atoms with van der Waals surface area (Å²) in [7, 11) is 0. The molecule has 6 heteroatoms. The van der Waals surface area contributed by atoms with E-state index < -0.39 is 18.0 Å². The van der Waals surface area contributed by atoms with Crippen molar-refractivity contribution in [3.8, 4) is 0 Å². The number of carbonyl (C=O) groups excluding carboxylic acids is 4. The normalized spacial score (nSPS) is 13.1. The largest absolute Gasteiger partial charge is 0.449 e. The van der Waals surface area contributed by atoms with Gasteiger partial charge in [0.25, 0.3) is 5.91 Å². The lowest BCUT2D eigenvalue weighted by Gasteiger charge is -2.19. The molecule has 3 aromatic rings. The Balaban J connectivity index is 1.51. The lowest BCUT2D eigenvalue weighted by molar-refractivity contribution is -0.123. The van der Waals surface area contributed by atoms with Crippen LogP contribution in [0.4, 0.5) is 5.69 Å². The lowest BCUT2D eigenvalue weighted by atomic mass is 9.84. The highest BCUT2D eigenvalue weighted by Crippen LogP contribution is 2.29. The van der Waals surface area contributed by atoms with Crippen molar-refractivity contribution >= 4 is 29.1 Å². The van der Waals surface area contributed by atoms with Crippen molar-refractivity contribution in [1.82, 2.24) is 0 Å². The number of nitrogens with one attached hydrogen (secondary N) is 1. The third kappa shape index (κ3) is 3.51. The summed E-state index contributed by atoms with van der Waals surface area (Å²) in [6.07, 6.45) is -1.05. The molecule has 1 atom stereocenters. The summed E-state index contributed by atoms with van der Waals surface area (Å²) in [5.74, 6) is -1.67. The average molecular weight is 399 g/mol. The van der Waals surface area contributed by atoms with Gasteiger partial charge in [-0.1, -0.05) is 42.5 Å². The molecule has 1 aliphatic carbocycles. The Kier molecular flexibility index (Phi) is 4.98. The topological polar surface area (TPSA) is 89.5 Å². The fraction of sp³-hybridized carbons (Fsp3) is 0.0833. The molecule has 6 nitrogen and oxygen atoms in total. The summed E-state index contributed by atoms with van der Waals surface area (Å²) in [6, 6.07) is 19.5. The van der Waals surface area contributed by atoms with E-state index in [2.05, 4.69) is 5.32 Å². The second-order valence-electron chi connectivity index (χ2n) is 6.87. The van der Waals surface area contributed by atoms with Gasteiger partial charge in [0.1, 0.15) is 0 Å². The van der Waals surface area contributed by atoms with Crippen molar-refractivity contribution in [2.75, 3.05) is 5.32 Å². The van der Waals surface area contributed by atoms with Crippen LogP contribution in [0.25, 0.3) is 0 Å². The van der Waals surface area contributed by atoms with Gasteiger partial charge in [0.05, 0.1) is 5.56 Å². The average Bonchev–Trinajstić information content (AvgIpc) is 2.78. The van der Waals surface area contributed by atoms with E-state index >= 15 is 0 Å². The maximum atomic E-state index is 12.8. The predicted molar refractivity (Wildman–Crippen MR) is 110 cm³/mol. The van der Waals surface area contributed by atoms with Gasteiger partial charge in [-0.3, -0.25) is 14.4 Å². The molecule has 0 radical (unpaired) electrons. The van der Waals surface area contributed by atoms with Crippen LogP contribution in [0, 0.1) is 0 Å². The summed E-state index contributed by atoms with van der Waals surface area (Å²) in [6.45, 7) is 1.46. The summed E-state index contributed by atoms with van der Waals surface area (Å²) >= 11 is 0. The molecule has 1 amide bonds. The van der Waals surface area contributed by atoms with Crippen LogP contribution in [0.2, 0.25) is 0 Å². The smallest absolute Gasteiger partial charge is 0.338 e. The van der Waals surface area contributed by atoms with Crippen molar-refractivity contribution in [3.63, 3.8) is 0 Å². The van der Waals surface area contributed by atoms with Gasteiger partial charge in [-0.2, -0.15) is 0 Å². The predicted octanol–water partition coefficient (Wildman–Crippen LogP) is 3.65. The summed E-state index contributed by atoms with van der Waals surface area (Å²) in [5, 5.41) is 2.63. The Morgan fingerprint density at radius 3 is 2.00 bits per heavy atom. The van der Waals surface area contributed by atoms with Crippen LogP contribution >= 0.6 is 0 Å². The Morgan fingerprint density at radius 1 is 0.767 bits per heavy atom. The van der Waals surface area contributed by atoms with E-state index in [9.17, 15) is 19.2 Å². The molecule has 0 heterocycles. The van der Waals surface area contributed by atoms with Crippen LogP contribution in [0.5, 0.6) is 0 Å². The molecule has 4 rings (SSSR count). The van der Waals surface area contributed by atoms with Crippen molar-refractivity contribution in [2.45, 2.75) is 13.0 Å². The third-order valence-electron chi connectivity index (χ3n) is 4.86. The van der Waals surface area contributed by atoms with Crippen molar-refractivity contribution in [1.29, 1.82) is 0 Å². The monoisotopic (exact) mass is 399 g/mol. The zero-order valence-electron chi connectivity index (χ0n) is 16.0. The zero-order valence-corrected chi connectivity index (χ0v) is 16.0. The molecule has 0 saturated carbocycles. The van der Waals surface area contributed by atoms with Gasteiger partial charge < -0.3 is 10.1 Å². The number of anilines is 1. The molecule has 30 heavy (non-hydrogen) atoms. The fourth-order valence-electron chi connectivity index (χ4n) is 3.28. The molecule has 0 fully saturated rings. The molecule has 148 valence electrons. The molecular formula is C24H17NO5. The van der Waals surface area contributed by atoms with E-state index in [-0.39, 0.29) is 17.1 Å². The van der Waals surface area contributed by atoms with Gasteiger partial charge in [-0.05, 0) is 37.3 Å². The molecular weight excluding hydrogens is 382 g/mol. The quantitative estimate of drug-likeness (QED) is 0.529. The van der Waals surface area contributed by atoms with E-state index in [0.717, 1.165) is 0 Å². The van der Waals surface area contributed by atoms with Gasteiger partial charge in [0.15, 0.2) is 17.7 Å². The fourth-order valence-corrected chi connectivity index (χ4v) is 3.28. The van der Waals surface area contributed by atoms with E-state index in [1.165, 1.54) is 19.1 Å². The first kappa shape index (κ1) is 19.3. The summed E-state index contributed by atoms with van der Waals surface area (Å²) in [4.78, 5) is 50.0. The first-order valence-electron chi connectivity index (χ1n) is 9.35. The van der Waals surface area contributed by atoms with Crippen LogP contribution in [0.1, 0.15) is 49.1 Å². The maximum Gasteiger partial charge on any atom is 0.338 e. The Hall–Kier alpha value is -4.06. The van der Waals surface area contributed by atoms with E-state index in [0.29, 0.717) is 27.9 Å². The van der Waals surface area contributed by atoms with Gasteiger partial charge >= 0.3 is 5.97 Å². The number of carbonyl (C=O) groups is 4. The zero-order chi connectivity index (χ0) is 21.3. The molecule has 1 aliphatic rings. The minimum Gasteiger partial charge on any atom is -0.449 e. The van der Waals surface area contributed by atoms with Gasteiger partial charge in [-0.15, -0.1) is 0 Å². The Labute approximate surface area is 172 Å². The molecule has 0 aromatic heterocycles. The SMILES string of the molecule is CC(OC(=O)c1ccccc1)C(=O)Nc1ccc2c(c1)C(=O)c1ccccc1C2=O. The lowest BCUT2D eigenvalue weighted by Crippen LogP contribution is -2.30. The molecule has 0 bridgehead atoms. The van der Waals surface area contributed by atoms with Gasteiger partial charge in [-0.25, -0.2) is 4.79 Å². The van der Waals surface area contributed by atoms with E-state index in [4.69, 9.17) is 4.74 Å². The number of hydrogen-bond acceptors (Lipinski definition) is 5. The van der Waals surface area contributed by atoms with Crippen molar-refractivity contribution < 1.29 is 23.9 Å². The van der Waals surface area contributed by atoms with Crippen molar-refractivity contribution in [2.24, 2.45) is 0 Å². The highest BCUT2D eigenvalue weighted by Gasteiger charge is 2.29. The number of ether oxygens (including phenoxy) is 1. The molecule has 3 aromatic carbocycles. The van der Waals surface area contributed by atoms with Crippen LogP contribution in [-0.2, 0) is 9.53 Å². The van der Waals surface area contributed by atoms with E-state index in [1.807, 2.05) is 0 Å². The number of hydrogen-bond donors (Lipinski definition) is 1. The second-order valence-corrected chi connectivity index (χ2v) is 6.87. The number of fused-ring (bicyclic) bond motifs is 2. The van der Waals surface area contributed by atoms with Crippen LogP contribution in [0.15, 0.2) is 72.8 Å². The second kappa shape index (κ2) is 7.75. The summed E-state index contributed by atoms with van der Waals surface area (Å²) in [5.41, 5.74) is 1.90. The minimum atomic E-state index is -1.05. The van der Waals surface area contributed by atoms with Crippen LogP contribution in [0.3, 0.4) is 0 Å².